The van der Waals surface area contributed by atoms with Crippen LogP contribution in [0.1, 0.15) is 5.69 Å². The van der Waals surface area contributed by atoms with Crippen LogP contribution in [0, 0.1) is 11.6 Å². The fraction of sp³-hybridized carbons (Fsp3) is 0.0833. The molecule has 0 saturated carbocycles. The van der Waals surface area contributed by atoms with Crippen LogP contribution in [0.3, 0.4) is 0 Å². The quantitative estimate of drug-likeness (QED) is 0.931. The Morgan fingerprint density at radius 2 is 1.94 bits per heavy atom. The van der Waals surface area contributed by atoms with Crippen molar-refractivity contribution < 1.29 is 13.5 Å². The smallest absolute Gasteiger partial charge is 0.219 e. The zero-order valence-electron chi connectivity index (χ0n) is 9.16. The van der Waals surface area contributed by atoms with Gasteiger partial charge in [-0.2, -0.15) is 0 Å². The van der Waals surface area contributed by atoms with Crippen LogP contribution in [0.4, 0.5) is 8.78 Å². The average molecular weight is 271 g/mol. The van der Waals surface area contributed by atoms with E-state index in [9.17, 15) is 8.78 Å². The van der Waals surface area contributed by atoms with E-state index in [1.54, 1.807) is 6.07 Å². The van der Waals surface area contributed by atoms with Crippen LogP contribution in [0.2, 0.25) is 5.02 Å². The summed E-state index contributed by atoms with van der Waals surface area (Å²) < 4.78 is 31.0. The number of ether oxygens (including phenoxy) is 1. The molecule has 0 aliphatic rings. The predicted molar refractivity (Wildman–Crippen MR) is 63.6 cm³/mol. The second-order valence-electron chi connectivity index (χ2n) is 3.46. The maximum atomic E-state index is 13.0. The van der Waals surface area contributed by atoms with Crippen molar-refractivity contribution in [3.63, 3.8) is 0 Å². The second kappa shape index (κ2) is 5.29. The highest BCUT2D eigenvalue weighted by molar-refractivity contribution is 6.31. The normalized spacial score (nSPS) is 10.4. The largest absolute Gasteiger partial charge is 0.439 e. The fourth-order valence-corrected chi connectivity index (χ4v) is 1.51. The Morgan fingerprint density at radius 1 is 1.17 bits per heavy atom. The molecule has 0 unspecified atom stereocenters. The Bertz CT molecular complexity index is 578. The average Bonchev–Trinajstić information content (AvgIpc) is 2.36. The summed E-state index contributed by atoms with van der Waals surface area (Å²) in [6.45, 7) is 0.161. The third-order valence-electron chi connectivity index (χ3n) is 2.20. The highest BCUT2D eigenvalue weighted by Crippen LogP contribution is 2.24. The highest BCUT2D eigenvalue weighted by Gasteiger charge is 2.07. The van der Waals surface area contributed by atoms with Crippen LogP contribution in [-0.2, 0) is 6.54 Å². The minimum Gasteiger partial charge on any atom is -0.439 e. The molecule has 0 fully saturated rings. The Kier molecular flexibility index (Phi) is 3.74. The van der Waals surface area contributed by atoms with Crippen molar-refractivity contribution in [1.29, 1.82) is 0 Å². The maximum Gasteiger partial charge on any atom is 0.219 e. The number of pyridine rings is 1. The van der Waals surface area contributed by atoms with Gasteiger partial charge in [-0.25, -0.2) is 13.8 Å². The first-order chi connectivity index (χ1) is 8.60. The van der Waals surface area contributed by atoms with Gasteiger partial charge in [0.25, 0.3) is 0 Å². The molecule has 0 aliphatic heterocycles. The number of nitrogens with two attached hydrogens (primary N) is 1. The highest BCUT2D eigenvalue weighted by atomic mass is 35.5. The second-order valence-corrected chi connectivity index (χ2v) is 3.87. The van der Waals surface area contributed by atoms with Gasteiger partial charge in [-0.3, -0.25) is 0 Å². The molecule has 0 atom stereocenters. The van der Waals surface area contributed by atoms with Crippen LogP contribution in [0.15, 0.2) is 30.3 Å². The zero-order valence-corrected chi connectivity index (χ0v) is 9.92. The lowest BCUT2D eigenvalue weighted by Gasteiger charge is -2.07. The standard InChI is InChI=1S/C12H9ClF2N2O/c13-8-2-4-12(17-11(8)6-16)18-7-1-3-9(14)10(15)5-7/h1-5H,6,16H2. The topological polar surface area (TPSA) is 48.1 Å². The van der Waals surface area contributed by atoms with Gasteiger partial charge in [0.15, 0.2) is 11.6 Å². The summed E-state index contributed by atoms with van der Waals surface area (Å²) in [6, 6.07) is 6.31. The van der Waals surface area contributed by atoms with Crippen molar-refractivity contribution in [2.24, 2.45) is 5.73 Å². The third-order valence-corrected chi connectivity index (χ3v) is 2.54. The van der Waals surface area contributed by atoms with Gasteiger partial charge in [-0.1, -0.05) is 11.6 Å². The molecule has 0 saturated heterocycles. The Hall–Kier alpha value is -1.72. The number of rotatable bonds is 3. The fourth-order valence-electron chi connectivity index (χ4n) is 1.33. The van der Waals surface area contributed by atoms with Gasteiger partial charge in [-0.15, -0.1) is 0 Å². The first kappa shape index (κ1) is 12.7. The van der Waals surface area contributed by atoms with Crippen molar-refractivity contribution in [3.8, 4) is 11.6 Å². The van der Waals surface area contributed by atoms with Gasteiger partial charge >= 0.3 is 0 Å². The maximum absolute atomic E-state index is 13.0. The number of hydrogen-bond donors (Lipinski definition) is 1. The van der Waals surface area contributed by atoms with Crippen LogP contribution in [0.5, 0.6) is 11.6 Å². The molecule has 94 valence electrons. The van der Waals surface area contributed by atoms with E-state index in [2.05, 4.69) is 4.98 Å². The van der Waals surface area contributed by atoms with Gasteiger partial charge in [0.05, 0.1) is 10.7 Å². The van der Waals surface area contributed by atoms with E-state index < -0.39 is 11.6 Å². The molecule has 18 heavy (non-hydrogen) atoms. The molecule has 1 aromatic carbocycles. The monoisotopic (exact) mass is 270 g/mol. The molecule has 0 spiro atoms. The van der Waals surface area contributed by atoms with E-state index in [0.29, 0.717) is 10.7 Å². The summed E-state index contributed by atoms with van der Waals surface area (Å²) in [5.74, 6) is -1.56. The Morgan fingerprint density at radius 3 is 2.61 bits per heavy atom. The molecule has 1 aromatic heterocycles. The minimum atomic E-state index is -0.986. The summed E-state index contributed by atoms with van der Waals surface area (Å²) >= 11 is 5.84. The van der Waals surface area contributed by atoms with Crippen LogP contribution < -0.4 is 10.5 Å². The van der Waals surface area contributed by atoms with E-state index in [1.165, 1.54) is 12.1 Å². The van der Waals surface area contributed by atoms with E-state index in [4.69, 9.17) is 22.1 Å². The number of aromatic nitrogens is 1. The molecular formula is C12H9ClF2N2O. The number of benzene rings is 1. The predicted octanol–water partition coefficient (Wildman–Crippen LogP) is 3.26. The van der Waals surface area contributed by atoms with E-state index in [1.807, 2.05) is 0 Å². The van der Waals surface area contributed by atoms with E-state index in [-0.39, 0.29) is 18.2 Å². The third kappa shape index (κ3) is 2.75. The van der Waals surface area contributed by atoms with Crippen LogP contribution >= 0.6 is 11.6 Å². The van der Waals surface area contributed by atoms with Crippen molar-refractivity contribution >= 4 is 11.6 Å². The Labute approximate surface area is 107 Å². The lowest BCUT2D eigenvalue weighted by Crippen LogP contribution is -2.01. The molecule has 2 rings (SSSR count). The number of nitrogens with zero attached hydrogens (tertiary/aromatic N) is 1. The summed E-state index contributed by atoms with van der Waals surface area (Å²) in [4.78, 5) is 4.04. The van der Waals surface area contributed by atoms with Crippen molar-refractivity contribution in [2.75, 3.05) is 0 Å². The van der Waals surface area contributed by atoms with Gasteiger partial charge < -0.3 is 10.5 Å². The molecule has 1 heterocycles. The van der Waals surface area contributed by atoms with E-state index in [0.717, 1.165) is 12.1 Å². The van der Waals surface area contributed by atoms with Crippen molar-refractivity contribution in [2.45, 2.75) is 6.54 Å². The Balaban J connectivity index is 2.25. The SMILES string of the molecule is NCc1nc(Oc2ccc(F)c(F)c2)ccc1Cl. The van der Waals surface area contributed by atoms with Gasteiger partial charge in [0.1, 0.15) is 5.75 Å². The zero-order chi connectivity index (χ0) is 13.1. The molecule has 0 bridgehead atoms. The van der Waals surface area contributed by atoms with Gasteiger partial charge in [-0.05, 0) is 18.2 Å². The molecule has 6 heteroatoms. The molecule has 2 N–H and O–H groups in total. The molecule has 0 aliphatic carbocycles. The van der Waals surface area contributed by atoms with E-state index >= 15 is 0 Å². The van der Waals surface area contributed by atoms with Gasteiger partial charge in [0.2, 0.25) is 5.88 Å². The van der Waals surface area contributed by atoms with Gasteiger partial charge in [0, 0.05) is 18.7 Å². The minimum absolute atomic E-state index is 0.145. The first-order valence-electron chi connectivity index (χ1n) is 5.08. The first-order valence-corrected chi connectivity index (χ1v) is 5.46. The molecule has 0 radical (unpaired) electrons. The summed E-state index contributed by atoms with van der Waals surface area (Å²) in [5, 5.41) is 0.426. The molecular weight excluding hydrogens is 262 g/mol. The van der Waals surface area contributed by atoms with Crippen molar-refractivity contribution in [1.82, 2.24) is 4.98 Å². The summed E-state index contributed by atoms with van der Waals surface area (Å²) in [5.41, 5.74) is 5.91. The summed E-state index contributed by atoms with van der Waals surface area (Å²) in [6.07, 6.45) is 0. The molecule has 0 amide bonds. The lowest BCUT2D eigenvalue weighted by atomic mass is 10.3. The van der Waals surface area contributed by atoms with Crippen LogP contribution in [-0.4, -0.2) is 4.98 Å². The van der Waals surface area contributed by atoms with Crippen LogP contribution in [0.25, 0.3) is 0 Å². The summed E-state index contributed by atoms with van der Waals surface area (Å²) in [7, 11) is 0. The number of halogens is 3. The lowest BCUT2D eigenvalue weighted by molar-refractivity contribution is 0.446. The molecule has 3 nitrogen and oxygen atoms in total. The number of hydrogen-bond acceptors (Lipinski definition) is 3. The van der Waals surface area contributed by atoms with Crippen molar-refractivity contribution in [3.05, 3.63) is 52.7 Å². The molecule has 2 aromatic rings.